The third-order valence-corrected chi connectivity index (χ3v) is 5.67. The molecule has 4 heteroatoms. The average molecular weight is 310 g/mol. The van der Waals surface area contributed by atoms with Crippen molar-refractivity contribution in [3.8, 4) is 0 Å². The van der Waals surface area contributed by atoms with E-state index < -0.39 is 0 Å². The second-order valence-corrected chi connectivity index (χ2v) is 6.72. The molecule has 2 aliphatic rings. The molecule has 4 rings (SSSR count). The standard InChI is InChI=1S/C19H26N4/c1-4-22-11-10-16-15(12-22)19(21-20-16)18-13(3)23(5-2)17-9-7-6-8-14(17)18/h6-9,15,19,21H,4-5,10-12H2,1-3H3. The van der Waals surface area contributed by atoms with Gasteiger partial charge in [0, 0.05) is 59.8 Å². The van der Waals surface area contributed by atoms with Crippen molar-refractivity contribution >= 4 is 16.6 Å². The first kappa shape index (κ1) is 14.8. The van der Waals surface area contributed by atoms with Gasteiger partial charge in [-0.3, -0.25) is 0 Å². The zero-order valence-electron chi connectivity index (χ0n) is 14.3. The molecule has 1 aromatic carbocycles. The zero-order chi connectivity index (χ0) is 16.0. The van der Waals surface area contributed by atoms with Gasteiger partial charge in [0.2, 0.25) is 0 Å². The van der Waals surface area contributed by atoms with Crippen LogP contribution in [0.15, 0.2) is 29.4 Å². The van der Waals surface area contributed by atoms with E-state index in [0.717, 1.165) is 32.6 Å². The SMILES string of the molecule is CCN1CCC2=NNC(c3c(C)n(CC)c4ccccc34)C2C1. The van der Waals surface area contributed by atoms with Crippen molar-refractivity contribution in [2.24, 2.45) is 11.0 Å². The van der Waals surface area contributed by atoms with Crippen molar-refractivity contribution in [3.05, 3.63) is 35.5 Å². The van der Waals surface area contributed by atoms with E-state index in [-0.39, 0.29) is 0 Å². The van der Waals surface area contributed by atoms with Crippen LogP contribution in [-0.2, 0) is 6.54 Å². The summed E-state index contributed by atoms with van der Waals surface area (Å²) in [5.41, 5.74) is 9.03. The Hall–Kier alpha value is -1.81. The molecule has 2 atom stereocenters. The molecule has 122 valence electrons. The Bertz CT molecular complexity index is 758. The molecule has 0 radical (unpaired) electrons. The Balaban J connectivity index is 1.79. The zero-order valence-corrected chi connectivity index (χ0v) is 14.3. The van der Waals surface area contributed by atoms with Gasteiger partial charge in [0.25, 0.3) is 0 Å². The van der Waals surface area contributed by atoms with Crippen molar-refractivity contribution in [2.75, 3.05) is 19.6 Å². The van der Waals surface area contributed by atoms with Gasteiger partial charge >= 0.3 is 0 Å². The highest BCUT2D eigenvalue weighted by molar-refractivity contribution is 5.92. The maximum atomic E-state index is 4.70. The van der Waals surface area contributed by atoms with Crippen molar-refractivity contribution in [3.63, 3.8) is 0 Å². The minimum Gasteiger partial charge on any atom is -0.345 e. The number of nitrogens with one attached hydrogen (secondary N) is 1. The highest BCUT2D eigenvalue weighted by Crippen LogP contribution is 2.39. The number of nitrogens with zero attached hydrogens (tertiary/aromatic N) is 3. The molecular formula is C19H26N4. The minimum absolute atomic E-state index is 0.317. The van der Waals surface area contributed by atoms with Gasteiger partial charge in [0.15, 0.2) is 0 Å². The second-order valence-electron chi connectivity index (χ2n) is 6.72. The maximum Gasteiger partial charge on any atom is 0.0806 e. The van der Waals surface area contributed by atoms with Crippen LogP contribution in [0.5, 0.6) is 0 Å². The third kappa shape index (κ3) is 2.19. The van der Waals surface area contributed by atoms with E-state index in [0.29, 0.717) is 12.0 Å². The molecule has 0 aliphatic carbocycles. The third-order valence-electron chi connectivity index (χ3n) is 5.67. The normalized spacial score (nSPS) is 24.6. The molecule has 1 aromatic heterocycles. The number of hydrogen-bond acceptors (Lipinski definition) is 3. The van der Waals surface area contributed by atoms with E-state index in [2.05, 4.69) is 59.9 Å². The number of fused-ring (bicyclic) bond motifs is 2. The quantitative estimate of drug-likeness (QED) is 0.943. The Morgan fingerprint density at radius 3 is 2.83 bits per heavy atom. The molecule has 1 N–H and O–H groups in total. The fourth-order valence-electron chi connectivity index (χ4n) is 4.42. The first-order valence-corrected chi connectivity index (χ1v) is 8.86. The lowest BCUT2D eigenvalue weighted by Crippen LogP contribution is -2.41. The van der Waals surface area contributed by atoms with E-state index in [9.17, 15) is 0 Å². The van der Waals surface area contributed by atoms with Gasteiger partial charge in [-0.2, -0.15) is 5.10 Å². The predicted molar refractivity (Wildman–Crippen MR) is 95.9 cm³/mol. The summed E-state index contributed by atoms with van der Waals surface area (Å²) in [6.07, 6.45) is 1.10. The fourth-order valence-corrected chi connectivity index (χ4v) is 4.42. The predicted octanol–water partition coefficient (Wildman–Crippen LogP) is 3.31. The number of hydrogen-bond donors (Lipinski definition) is 1. The Morgan fingerprint density at radius 1 is 1.22 bits per heavy atom. The van der Waals surface area contributed by atoms with Crippen LogP contribution in [0.4, 0.5) is 0 Å². The summed E-state index contributed by atoms with van der Waals surface area (Å²) in [6.45, 7) is 11.2. The molecule has 2 aromatic rings. The summed E-state index contributed by atoms with van der Waals surface area (Å²) in [7, 11) is 0. The maximum absolute atomic E-state index is 4.70. The smallest absolute Gasteiger partial charge is 0.0806 e. The van der Waals surface area contributed by atoms with Crippen LogP contribution in [-0.4, -0.2) is 34.8 Å². The summed E-state index contributed by atoms with van der Waals surface area (Å²) < 4.78 is 2.44. The minimum atomic E-state index is 0.317. The number of benzene rings is 1. The van der Waals surface area contributed by atoms with Crippen molar-refractivity contribution in [2.45, 2.75) is 39.8 Å². The van der Waals surface area contributed by atoms with Crippen LogP contribution in [0.1, 0.15) is 37.6 Å². The van der Waals surface area contributed by atoms with Crippen LogP contribution >= 0.6 is 0 Å². The topological polar surface area (TPSA) is 32.6 Å². The molecule has 0 amide bonds. The van der Waals surface area contributed by atoms with E-state index >= 15 is 0 Å². The van der Waals surface area contributed by atoms with Crippen molar-refractivity contribution in [1.29, 1.82) is 0 Å². The molecule has 1 saturated heterocycles. The van der Waals surface area contributed by atoms with Gasteiger partial charge in [0.1, 0.15) is 0 Å². The van der Waals surface area contributed by atoms with E-state index in [1.807, 2.05) is 0 Å². The average Bonchev–Trinajstić information content (AvgIpc) is 3.11. The van der Waals surface area contributed by atoms with Gasteiger partial charge in [-0.1, -0.05) is 25.1 Å². The van der Waals surface area contributed by atoms with Crippen molar-refractivity contribution in [1.82, 2.24) is 14.9 Å². The Labute approximate surface area is 138 Å². The van der Waals surface area contributed by atoms with Gasteiger partial charge < -0.3 is 14.9 Å². The summed E-state index contributed by atoms with van der Waals surface area (Å²) in [4.78, 5) is 2.55. The molecule has 2 unspecified atom stereocenters. The van der Waals surface area contributed by atoms with Gasteiger partial charge in [-0.15, -0.1) is 0 Å². The molecule has 0 bridgehead atoms. The number of likely N-dealkylation sites (tertiary alicyclic amines) is 1. The molecule has 23 heavy (non-hydrogen) atoms. The molecule has 0 spiro atoms. The summed E-state index contributed by atoms with van der Waals surface area (Å²) in [5.74, 6) is 0.513. The summed E-state index contributed by atoms with van der Waals surface area (Å²) >= 11 is 0. The molecule has 2 aliphatic heterocycles. The summed E-state index contributed by atoms with van der Waals surface area (Å²) in [5, 5.41) is 6.08. The highest BCUT2D eigenvalue weighted by Gasteiger charge is 2.38. The highest BCUT2D eigenvalue weighted by atomic mass is 15.4. The Kier molecular flexibility index (Phi) is 3.64. The second kappa shape index (κ2) is 5.68. The lowest BCUT2D eigenvalue weighted by molar-refractivity contribution is 0.238. The molecule has 1 fully saturated rings. The number of hydrazone groups is 1. The molecule has 3 heterocycles. The van der Waals surface area contributed by atoms with E-state index in [1.165, 1.54) is 27.9 Å². The molecule has 4 nitrogen and oxygen atoms in total. The number of aromatic nitrogens is 1. The van der Waals surface area contributed by atoms with Gasteiger partial charge in [-0.25, -0.2) is 0 Å². The van der Waals surface area contributed by atoms with Crippen LogP contribution in [0.3, 0.4) is 0 Å². The number of aryl methyl sites for hydroxylation is 1. The van der Waals surface area contributed by atoms with E-state index in [4.69, 9.17) is 5.10 Å². The van der Waals surface area contributed by atoms with Crippen LogP contribution < -0.4 is 5.43 Å². The first-order valence-electron chi connectivity index (χ1n) is 8.86. The Morgan fingerprint density at radius 2 is 2.04 bits per heavy atom. The van der Waals surface area contributed by atoms with Gasteiger partial charge in [-0.05, 0) is 26.5 Å². The van der Waals surface area contributed by atoms with Gasteiger partial charge in [0.05, 0.1) is 6.04 Å². The molecular weight excluding hydrogens is 284 g/mol. The van der Waals surface area contributed by atoms with Crippen LogP contribution in [0.2, 0.25) is 0 Å². The lowest BCUT2D eigenvalue weighted by Gasteiger charge is -2.33. The number of rotatable bonds is 3. The van der Waals surface area contributed by atoms with Crippen LogP contribution in [0.25, 0.3) is 10.9 Å². The van der Waals surface area contributed by atoms with Crippen molar-refractivity contribution < 1.29 is 0 Å². The monoisotopic (exact) mass is 310 g/mol. The number of piperidine rings is 1. The fraction of sp³-hybridized carbons (Fsp3) is 0.526. The first-order chi connectivity index (χ1) is 11.2. The summed E-state index contributed by atoms with van der Waals surface area (Å²) in [6, 6.07) is 9.12. The largest absolute Gasteiger partial charge is 0.345 e. The number of para-hydroxylation sites is 1. The van der Waals surface area contributed by atoms with Crippen LogP contribution in [0, 0.1) is 12.8 Å². The molecule has 0 saturated carbocycles. The van der Waals surface area contributed by atoms with E-state index in [1.54, 1.807) is 0 Å². The lowest BCUT2D eigenvalue weighted by atomic mass is 9.85.